The summed E-state index contributed by atoms with van der Waals surface area (Å²) in [5.41, 5.74) is 5.36. The van der Waals surface area contributed by atoms with Gasteiger partial charge in [-0.15, -0.1) is 0 Å². The van der Waals surface area contributed by atoms with Crippen molar-refractivity contribution in [3.05, 3.63) is 29.3 Å². The molecule has 1 aromatic carbocycles. The number of primary amides is 1. The van der Waals surface area contributed by atoms with E-state index >= 15 is 0 Å². The van der Waals surface area contributed by atoms with Crippen LogP contribution in [0.1, 0.15) is 43.7 Å². The van der Waals surface area contributed by atoms with E-state index < -0.39 is 11.7 Å². The van der Waals surface area contributed by atoms with E-state index in [1.165, 1.54) is 0 Å². The number of alkyl halides is 3. The van der Waals surface area contributed by atoms with Crippen LogP contribution in [0.2, 0.25) is 0 Å². The molecule has 2 aliphatic rings. The first-order valence-corrected chi connectivity index (χ1v) is 7.87. The molecule has 1 atom stereocenters. The summed E-state index contributed by atoms with van der Waals surface area (Å²) < 4.78 is 44.0. The number of nitrogens with two attached hydrogens (primary N) is 1. The zero-order chi connectivity index (χ0) is 16.8. The van der Waals surface area contributed by atoms with E-state index in [9.17, 15) is 18.0 Å². The number of hydrogen-bond acceptors (Lipinski definition) is 2. The highest BCUT2D eigenvalue weighted by Gasteiger charge is 2.45. The molecule has 1 aliphatic heterocycles. The van der Waals surface area contributed by atoms with Crippen molar-refractivity contribution in [3.63, 3.8) is 0 Å². The summed E-state index contributed by atoms with van der Waals surface area (Å²) in [6.07, 6.45) is -1.05. The van der Waals surface area contributed by atoms with Crippen molar-refractivity contribution in [2.45, 2.75) is 44.2 Å². The molecule has 1 aromatic rings. The standard InChI is InChI=1S/C17H20F3NO2/c1-10(15(21)22)11-4-6-16(7-5-11)9-23-14-8-12(17(18,19)20)2-3-13(14)16/h2-3,8,10-11H,4-7,9H2,1H3,(H2,21,22). The quantitative estimate of drug-likeness (QED) is 0.901. The Morgan fingerprint density at radius 3 is 2.57 bits per heavy atom. The number of hydrogen-bond donors (Lipinski definition) is 1. The van der Waals surface area contributed by atoms with Gasteiger partial charge in [0, 0.05) is 16.9 Å². The predicted octanol–water partition coefficient (Wildman–Crippen LogP) is 3.65. The van der Waals surface area contributed by atoms with Gasteiger partial charge in [-0.2, -0.15) is 13.2 Å². The molecule has 3 nitrogen and oxygen atoms in total. The van der Waals surface area contributed by atoms with Crippen molar-refractivity contribution < 1.29 is 22.7 Å². The van der Waals surface area contributed by atoms with Gasteiger partial charge in [-0.25, -0.2) is 0 Å². The molecular formula is C17H20F3NO2. The van der Waals surface area contributed by atoms with E-state index in [2.05, 4.69) is 0 Å². The van der Waals surface area contributed by atoms with Crippen molar-refractivity contribution >= 4 is 5.91 Å². The fourth-order valence-electron chi connectivity index (χ4n) is 3.89. The number of fused-ring (bicyclic) bond motifs is 2. The van der Waals surface area contributed by atoms with Crippen molar-refractivity contribution in [3.8, 4) is 5.75 Å². The number of amides is 1. The zero-order valence-electron chi connectivity index (χ0n) is 13.0. The van der Waals surface area contributed by atoms with Gasteiger partial charge in [0.05, 0.1) is 12.2 Å². The first kappa shape index (κ1) is 16.1. The molecule has 1 aliphatic carbocycles. The topological polar surface area (TPSA) is 52.3 Å². The van der Waals surface area contributed by atoms with Crippen molar-refractivity contribution in [1.29, 1.82) is 0 Å². The summed E-state index contributed by atoms with van der Waals surface area (Å²) in [6.45, 7) is 2.26. The van der Waals surface area contributed by atoms with Gasteiger partial charge in [0.25, 0.3) is 0 Å². The second-order valence-corrected chi connectivity index (χ2v) is 6.81. The molecule has 0 aromatic heterocycles. The van der Waals surface area contributed by atoms with Crippen LogP contribution in [0.15, 0.2) is 18.2 Å². The minimum atomic E-state index is -4.36. The van der Waals surface area contributed by atoms with Gasteiger partial charge in [-0.3, -0.25) is 4.79 Å². The molecule has 6 heteroatoms. The molecule has 1 unspecified atom stereocenters. The summed E-state index contributed by atoms with van der Waals surface area (Å²) in [6, 6.07) is 3.79. The highest BCUT2D eigenvalue weighted by molar-refractivity contribution is 5.76. The molecule has 0 bridgehead atoms. The molecule has 3 rings (SSSR count). The maximum atomic E-state index is 12.8. The Bertz CT molecular complexity index is 619. The number of benzene rings is 1. The lowest BCUT2D eigenvalue weighted by Gasteiger charge is -2.37. The molecule has 1 amide bonds. The number of rotatable bonds is 2. The van der Waals surface area contributed by atoms with Crippen LogP contribution in [0, 0.1) is 11.8 Å². The Labute approximate surface area is 133 Å². The molecule has 1 fully saturated rings. The minimum Gasteiger partial charge on any atom is -0.492 e. The highest BCUT2D eigenvalue weighted by atomic mass is 19.4. The van der Waals surface area contributed by atoms with E-state index in [1.807, 2.05) is 6.92 Å². The first-order chi connectivity index (χ1) is 10.7. The number of ether oxygens (including phenoxy) is 1. The Kier molecular flexibility index (Phi) is 3.81. The van der Waals surface area contributed by atoms with Gasteiger partial charge in [0.1, 0.15) is 5.75 Å². The molecule has 2 N–H and O–H groups in total. The minimum absolute atomic E-state index is 0.165. The average Bonchev–Trinajstić information content (AvgIpc) is 2.85. The Morgan fingerprint density at radius 1 is 1.35 bits per heavy atom. The summed E-state index contributed by atoms with van der Waals surface area (Å²) in [5, 5.41) is 0. The highest BCUT2D eigenvalue weighted by Crippen LogP contribution is 2.51. The molecule has 126 valence electrons. The van der Waals surface area contributed by atoms with Gasteiger partial charge in [-0.05, 0) is 43.7 Å². The number of carbonyl (C=O) groups is 1. The molecule has 1 spiro atoms. The maximum Gasteiger partial charge on any atom is 0.416 e. The fraction of sp³-hybridized carbons (Fsp3) is 0.588. The molecule has 0 radical (unpaired) electrons. The van der Waals surface area contributed by atoms with Crippen LogP contribution in [0.5, 0.6) is 5.75 Å². The second-order valence-electron chi connectivity index (χ2n) is 6.81. The normalized spacial score (nSPS) is 28.3. The molecule has 1 heterocycles. The van der Waals surface area contributed by atoms with Crippen molar-refractivity contribution in [2.24, 2.45) is 17.6 Å². The first-order valence-electron chi connectivity index (χ1n) is 7.87. The van der Waals surface area contributed by atoms with Gasteiger partial charge in [0.2, 0.25) is 5.91 Å². The average molecular weight is 327 g/mol. The Morgan fingerprint density at radius 2 is 2.00 bits per heavy atom. The van der Waals surface area contributed by atoms with Gasteiger partial charge < -0.3 is 10.5 Å². The SMILES string of the molecule is CC(C(N)=O)C1CCC2(CC1)COc1cc(C(F)(F)F)ccc12. The van der Waals surface area contributed by atoms with Crippen LogP contribution < -0.4 is 10.5 Å². The Balaban J connectivity index is 1.80. The summed E-state index contributed by atoms with van der Waals surface area (Å²) >= 11 is 0. The third-order valence-electron chi connectivity index (χ3n) is 5.53. The van der Waals surface area contributed by atoms with Crippen LogP contribution >= 0.6 is 0 Å². The summed E-state index contributed by atoms with van der Waals surface area (Å²) in [4.78, 5) is 11.3. The van der Waals surface area contributed by atoms with E-state index in [-0.39, 0.29) is 23.2 Å². The van der Waals surface area contributed by atoms with Crippen molar-refractivity contribution in [1.82, 2.24) is 0 Å². The smallest absolute Gasteiger partial charge is 0.416 e. The van der Waals surface area contributed by atoms with E-state index in [0.29, 0.717) is 12.4 Å². The van der Waals surface area contributed by atoms with Crippen LogP contribution in [0.4, 0.5) is 13.2 Å². The predicted molar refractivity (Wildman–Crippen MR) is 78.9 cm³/mol. The van der Waals surface area contributed by atoms with E-state index in [4.69, 9.17) is 10.5 Å². The van der Waals surface area contributed by atoms with E-state index in [1.54, 1.807) is 6.07 Å². The van der Waals surface area contributed by atoms with Gasteiger partial charge in [-0.1, -0.05) is 13.0 Å². The third kappa shape index (κ3) is 2.79. The fourth-order valence-corrected chi connectivity index (χ4v) is 3.89. The molecule has 1 saturated carbocycles. The summed E-state index contributed by atoms with van der Waals surface area (Å²) in [7, 11) is 0. The zero-order valence-corrected chi connectivity index (χ0v) is 13.0. The van der Waals surface area contributed by atoms with Crippen LogP contribution in [-0.2, 0) is 16.4 Å². The lowest BCUT2D eigenvalue weighted by atomic mass is 9.65. The van der Waals surface area contributed by atoms with Crippen LogP contribution in [0.25, 0.3) is 0 Å². The number of carbonyl (C=O) groups excluding carboxylic acids is 1. The van der Waals surface area contributed by atoms with Crippen LogP contribution in [-0.4, -0.2) is 12.5 Å². The molecule has 0 saturated heterocycles. The van der Waals surface area contributed by atoms with Crippen LogP contribution in [0.3, 0.4) is 0 Å². The second kappa shape index (κ2) is 5.42. The summed E-state index contributed by atoms with van der Waals surface area (Å²) in [5.74, 6) is 0.142. The Hall–Kier alpha value is -1.72. The largest absolute Gasteiger partial charge is 0.492 e. The van der Waals surface area contributed by atoms with E-state index in [0.717, 1.165) is 43.4 Å². The third-order valence-corrected chi connectivity index (χ3v) is 5.53. The maximum absolute atomic E-state index is 12.8. The van der Waals surface area contributed by atoms with Crippen molar-refractivity contribution in [2.75, 3.05) is 6.61 Å². The lowest BCUT2D eigenvalue weighted by Crippen LogP contribution is -2.37. The van der Waals surface area contributed by atoms with Gasteiger partial charge in [0.15, 0.2) is 0 Å². The molecule has 23 heavy (non-hydrogen) atoms. The van der Waals surface area contributed by atoms with Gasteiger partial charge >= 0.3 is 6.18 Å². The number of halogens is 3. The molecular weight excluding hydrogens is 307 g/mol. The monoisotopic (exact) mass is 327 g/mol. The lowest BCUT2D eigenvalue weighted by molar-refractivity contribution is -0.137.